The maximum Gasteiger partial charge on any atom is 0.126 e. The third-order valence-corrected chi connectivity index (χ3v) is 3.37. The molecule has 0 radical (unpaired) electrons. The molecule has 2 N–H and O–H groups in total. The molecule has 0 aliphatic heterocycles. The van der Waals surface area contributed by atoms with Crippen LogP contribution in [0.1, 0.15) is 18.9 Å². The second kappa shape index (κ2) is 6.39. The predicted octanol–water partition coefficient (Wildman–Crippen LogP) is 3.64. The maximum atomic E-state index is 6.03. The molecule has 1 atom stereocenters. The molecule has 19 heavy (non-hydrogen) atoms. The van der Waals surface area contributed by atoms with Gasteiger partial charge >= 0.3 is 0 Å². The summed E-state index contributed by atoms with van der Waals surface area (Å²) in [5.41, 5.74) is 9.59. The molecular weight excluding hydrogens is 234 g/mol. The third kappa shape index (κ3) is 3.36. The van der Waals surface area contributed by atoms with Gasteiger partial charge in [0.25, 0.3) is 0 Å². The Morgan fingerprint density at radius 3 is 2.47 bits per heavy atom. The Bertz CT molecular complexity index is 522. The van der Waals surface area contributed by atoms with Crippen molar-refractivity contribution in [2.24, 2.45) is 5.73 Å². The van der Waals surface area contributed by atoms with Crippen molar-refractivity contribution in [3.8, 4) is 16.9 Å². The maximum absolute atomic E-state index is 6.03. The van der Waals surface area contributed by atoms with Crippen molar-refractivity contribution in [3.63, 3.8) is 0 Å². The molecule has 1 unspecified atom stereocenters. The SMILES string of the molecule is CCC(N)Cc1ccc(OC)c(-c2ccccc2)c1. The number of benzene rings is 2. The van der Waals surface area contributed by atoms with Gasteiger partial charge in [0.2, 0.25) is 0 Å². The summed E-state index contributed by atoms with van der Waals surface area (Å²) in [5, 5.41) is 0. The molecule has 2 aromatic carbocycles. The highest BCUT2D eigenvalue weighted by Gasteiger charge is 2.08. The van der Waals surface area contributed by atoms with Crippen LogP contribution in [0.4, 0.5) is 0 Å². The molecule has 0 aliphatic rings. The summed E-state index contributed by atoms with van der Waals surface area (Å²) in [6.07, 6.45) is 1.90. The summed E-state index contributed by atoms with van der Waals surface area (Å²) < 4.78 is 5.45. The van der Waals surface area contributed by atoms with Crippen LogP contribution in [0, 0.1) is 0 Å². The van der Waals surface area contributed by atoms with Gasteiger partial charge in [-0.15, -0.1) is 0 Å². The van der Waals surface area contributed by atoms with E-state index in [0.717, 1.165) is 24.2 Å². The van der Waals surface area contributed by atoms with E-state index in [0.29, 0.717) is 0 Å². The lowest BCUT2D eigenvalue weighted by Gasteiger charge is -2.13. The fraction of sp³-hybridized carbons (Fsp3) is 0.294. The van der Waals surface area contributed by atoms with Crippen LogP contribution in [0.5, 0.6) is 5.75 Å². The van der Waals surface area contributed by atoms with E-state index in [1.165, 1.54) is 11.1 Å². The van der Waals surface area contributed by atoms with Gasteiger partial charge < -0.3 is 10.5 Å². The van der Waals surface area contributed by atoms with Crippen LogP contribution >= 0.6 is 0 Å². The van der Waals surface area contributed by atoms with Crippen molar-refractivity contribution >= 4 is 0 Å². The Kier molecular flexibility index (Phi) is 4.58. The Balaban J connectivity index is 2.37. The summed E-state index contributed by atoms with van der Waals surface area (Å²) in [7, 11) is 1.71. The summed E-state index contributed by atoms with van der Waals surface area (Å²) in [5.74, 6) is 0.903. The Morgan fingerprint density at radius 1 is 1.11 bits per heavy atom. The van der Waals surface area contributed by atoms with Gasteiger partial charge in [0.05, 0.1) is 7.11 Å². The Morgan fingerprint density at radius 2 is 1.84 bits per heavy atom. The molecule has 0 aliphatic carbocycles. The van der Waals surface area contributed by atoms with Crippen LogP contribution in [0.2, 0.25) is 0 Å². The summed E-state index contributed by atoms with van der Waals surface area (Å²) in [4.78, 5) is 0. The molecule has 0 spiro atoms. The monoisotopic (exact) mass is 255 g/mol. The summed E-state index contributed by atoms with van der Waals surface area (Å²) in [6.45, 7) is 2.12. The van der Waals surface area contributed by atoms with E-state index in [1.807, 2.05) is 24.3 Å². The number of nitrogens with two attached hydrogens (primary N) is 1. The molecule has 0 heterocycles. The molecule has 2 heteroatoms. The zero-order valence-corrected chi connectivity index (χ0v) is 11.6. The normalized spacial score (nSPS) is 12.2. The number of rotatable bonds is 5. The first kappa shape index (κ1) is 13.6. The van der Waals surface area contributed by atoms with Gasteiger partial charge in [-0.25, -0.2) is 0 Å². The van der Waals surface area contributed by atoms with Gasteiger partial charge in [0, 0.05) is 11.6 Å². The van der Waals surface area contributed by atoms with Crippen LogP contribution in [-0.2, 0) is 6.42 Å². The molecule has 2 aromatic rings. The molecule has 2 nitrogen and oxygen atoms in total. The average Bonchev–Trinajstić information content (AvgIpc) is 2.48. The van der Waals surface area contributed by atoms with Gasteiger partial charge in [-0.2, -0.15) is 0 Å². The van der Waals surface area contributed by atoms with E-state index in [2.05, 4.69) is 31.2 Å². The fourth-order valence-corrected chi connectivity index (χ4v) is 2.17. The first-order chi connectivity index (χ1) is 9.24. The van der Waals surface area contributed by atoms with Gasteiger partial charge in [-0.3, -0.25) is 0 Å². The molecular formula is C17H21NO. The lowest BCUT2D eigenvalue weighted by molar-refractivity contribution is 0.416. The largest absolute Gasteiger partial charge is 0.496 e. The Hall–Kier alpha value is -1.80. The number of methoxy groups -OCH3 is 1. The summed E-state index contributed by atoms with van der Waals surface area (Å²) in [6, 6.07) is 16.8. The van der Waals surface area contributed by atoms with E-state index in [4.69, 9.17) is 10.5 Å². The fourth-order valence-electron chi connectivity index (χ4n) is 2.17. The molecule has 0 saturated carbocycles. The molecule has 100 valence electrons. The number of hydrogen-bond acceptors (Lipinski definition) is 2. The van der Waals surface area contributed by atoms with Crippen molar-refractivity contribution in [1.29, 1.82) is 0 Å². The highest BCUT2D eigenvalue weighted by molar-refractivity contribution is 5.71. The number of ether oxygens (including phenoxy) is 1. The minimum atomic E-state index is 0.219. The molecule has 0 aromatic heterocycles. The van der Waals surface area contributed by atoms with Crippen LogP contribution < -0.4 is 10.5 Å². The zero-order valence-electron chi connectivity index (χ0n) is 11.6. The smallest absolute Gasteiger partial charge is 0.126 e. The molecule has 2 rings (SSSR count). The van der Waals surface area contributed by atoms with E-state index in [1.54, 1.807) is 7.11 Å². The van der Waals surface area contributed by atoms with Gasteiger partial charge in [0.15, 0.2) is 0 Å². The van der Waals surface area contributed by atoms with Gasteiger partial charge in [-0.1, -0.05) is 43.3 Å². The lowest BCUT2D eigenvalue weighted by Crippen LogP contribution is -2.21. The van der Waals surface area contributed by atoms with Gasteiger partial charge in [-0.05, 0) is 36.1 Å². The molecule has 0 saturated heterocycles. The highest BCUT2D eigenvalue weighted by atomic mass is 16.5. The Labute approximate surface area is 115 Å². The summed E-state index contributed by atoms with van der Waals surface area (Å²) >= 11 is 0. The van der Waals surface area contributed by atoms with Crippen molar-refractivity contribution in [2.45, 2.75) is 25.8 Å². The topological polar surface area (TPSA) is 35.2 Å². The average molecular weight is 255 g/mol. The van der Waals surface area contributed by atoms with E-state index in [9.17, 15) is 0 Å². The van der Waals surface area contributed by atoms with Crippen LogP contribution in [0.15, 0.2) is 48.5 Å². The van der Waals surface area contributed by atoms with E-state index < -0.39 is 0 Å². The predicted molar refractivity (Wildman–Crippen MR) is 80.4 cm³/mol. The number of hydrogen-bond donors (Lipinski definition) is 1. The van der Waals surface area contributed by atoms with E-state index in [-0.39, 0.29) is 6.04 Å². The van der Waals surface area contributed by atoms with E-state index >= 15 is 0 Å². The zero-order chi connectivity index (χ0) is 13.7. The minimum Gasteiger partial charge on any atom is -0.496 e. The first-order valence-corrected chi connectivity index (χ1v) is 6.72. The second-order valence-electron chi connectivity index (χ2n) is 4.77. The highest BCUT2D eigenvalue weighted by Crippen LogP contribution is 2.31. The van der Waals surface area contributed by atoms with Crippen LogP contribution in [-0.4, -0.2) is 13.2 Å². The van der Waals surface area contributed by atoms with Crippen molar-refractivity contribution in [3.05, 3.63) is 54.1 Å². The van der Waals surface area contributed by atoms with Crippen LogP contribution in [0.3, 0.4) is 0 Å². The standard InChI is InChI=1S/C17H21NO/c1-3-15(18)11-13-9-10-17(19-2)16(12-13)14-7-5-4-6-8-14/h4-10,12,15H,3,11,18H2,1-2H3. The molecule has 0 bridgehead atoms. The van der Waals surface area contributed by atoms with Gasteiger partial charge in [0.1, 0.15) is 5.75 Å². The molecule has 0 fully saturated rings. The molecule has 0 amide bonds. The van der Waals surface area contributed by atoms with Crippen molar-refractivity contribution in [2.75, 3.05) is 7.11 Å². The minimum absolute atomic E-state index is 0.219. The quantitative estimate of drug-likeness (QED) is 0.885. The second-order valence-corrected chi connectivity index (χ2v) is 4.77. The lowest BCUT2D eigenvalue weighted by atomic mass is 9.98. The van der Waals surface area contributed by atoms with Crippen molar-refractivity contribution < 1.29 is 4.74 Å². The van der Waals surface area contributed by atoms with Crippen LogP contribution in [0.25, 0.3) is 11.1 Å². The van der Waals surface area contributed by atoms with Crippen molar-refractivity contribution in [1.82, 2.24) is 0 Å². The third-order valence-electron chi connectivity index (χ3n) is 3.37. The first-order valence-electron chi connectivity index (χ1n) is 6.72.